The number of urea groups is 1. The summed E-state index contributed by atoms with van der Waals surface area (Å²) in [6.07, 6.45) is 4.55. The van der Waals surface area contributed by atoms with Gasteiger partial charge in [0.2, 0.25) is 5.91 Å². The Morgan fingerprint density at radius 2 is 2.00 bits per heavy atom. The maximum Gasteiger partial charge on any atom is 0.318 e. The van der Waals surface area contributed by atoms with Crippen LogP contribution in [0, 0.1) is 0 Å². The maximum absolute atomic E-state index is 12.6. The quantitative estimate of drug-likeness (QED) is 0.865. The molecule has 2 aliphatic rings. The average molecular weight is 327 g/mol. The molecule has 3 rings (SSSR count). The molecule has 0 unspecified atom stereocenters. The van der Waals surface area contributed by atoms with E-state index < -0.39 is 0 Å². The summed E-state index contributed by atoms with van der Waals surface area (Å²) >= 11 is 0. The third kappa shape index (κ3) is 3.96. The fourth-order valence-electron chi connectivity index (χ4n) is 3.23. The van der Waals surface area contributed by atoms with Gasteiger partial charge in [0.05, 0.1) is 6.04 Å². The Kier molecular flexibility index (Phi) is 5.18. The molecule has 1 fully saturated rings. The van der Waals surface area contributed by atoms with E-state index in [9.17, 15) is 9.59 Å². The van der Waals surface area contributed by atoms with Gasteiger partial charge in [0.25, 0.3) is 0 Å². The van der Waals surface area contributed by atoms with Crippen LogP contribution in [-0.4, -0.2) is 47.9 Å². The van der Waals surface area contributed by atoms with Crippen molar-refractivity contribution in [3.63, 3.8) is 0 Å². The predicted octanol–water partition coefficient (Wildman–Crippen LogP) is 2.71. The molecule has 0 aromatic heterocycles. The number of nitrogens with one attached hydrogen (secondary N) is 1. The van der Waals surface area contributed by atoms with Crippen LogP contribution in [0.15, 0.2) is 42.0 Å². The van der Waals surface area contributed by atoms with E-state index in [4.69, 9.17) is 0 Å². The van der Waals surface area contributed by atoms with Crippen LogP contribution >= 0.6 is 0 Å². The lowest BCUT2D eigenvalue weighted by atomic mass is 10.1. The molecule has 0 saturated carbocycles. The highest BCUT2D eigenvalue weighted by molar-refractivity contribution is 5.78. The van der Waals surface area contributed by atoms with E-state index in [-0.39, 0.29) is 18.0 Å². The lowest BCUT2D eigenvalue weighted by Gasteiger charge is -2.30. The molecule has 1 atom stereocenters. The summed E-state index contributed by atoms with van der Waals surface area (Å²) in [5, 5.41) is 3.13. The molecular weight excluding hydrogens is 302 g/mol. The second kappa shape index (κ2) is 7.51. The Morgan fingerprint density at radius 1 is 1.21 bits per heavy atom. The number of benzene rings is 1. The summed E-state index contributed by atoms with van der Waals surface area (Å²) in [4.78, 5) is 28.3. The summed E-state index contributed by atoms with van der Waals surface area (Å²) in [6.45, 7) is 4.82. The van der Waals surface area contributed by atoms with E-state index >= 15 is 0 Å². The number of nitrogens with zero attached hydrogens (tertiary/aromatic N) is 2. The molecule has 1 N–H and O–H groups in total. The molecule has 128 valence electrons. The minimum Gasteiger partial charge on any atom is -0.340 e. The van der Waals surface area contributed by atoms with E-state index in [0.29, 0.717) is 19.5 Å². The van der Waals surface area contributed by atoms with Crippen LogP contribution in [-0.2, 0) is 4.79 Å². The summed E-state index contributed by atoms with van der Waals surface area (Å²) in [5.41, 5.74) is 2.37. The number of carbonyl (C=O) groups is 2. The van der Waals surface area contributed by atoms with Crippen molar-refractivity contribution in [3.8, 4) is 0 Å². The zero-order chi connectivity index (χ0) is 16.9. The van der Waals surface area contributed by atoms with Crippen molar-refractivity contribution in [2.45, 2.75) is 32.2 Å². The van der Waals surface area contributed by atoms with Gasteiger partial charge in [0.15, 0.2) is 0 Å². The van der Waals surface area contributed by atoms with Gasteiger partial charge in [-0.15, -0.1) is 0 Å². The van der Waals surface area contributed by atoms with Gasteiger partial charge >= 0.3 is 6.03 Å². The summed E-state index contributed by atoms with van der Waals surface area (Å²) in [5.74, 6) is 0.182. The Balaban J connectivity index is 1.70. The highest BCUT2D eigenvalue weighted by atomic mass is 16.2. The average Bonchev–Trinajstić information content (AvgIpc) is 3.00. The molecule has 0 aliphatic carbocycles. The zero-order valence-electron chi connectivity index (χ0n) is 14.2. The van der Waals surface area contributed by atoms with Crippen molar-refractivity contribution in [1.82, 2.24) is 15.1 Å². The van der Waals surface area contributed by atoms with Crippen LogP contribution in [0.2, 0.25) is 0 Å². The number of hydrogen-bond donors (Lipinski definition) is 1. The molecule has 1 saturated heterocycles. The normalized spacial score (nSPS) is 19.2. The van der Waals surface area contributed by atoms with E-state index in [1.54, 1.807) is 0 Å². The Labute approximate surface area is 143 Å². The van der Waals surface area contributed by atoms with Crippen molar-refractivity contribution in [2.75, 3.05) is 26.2 Å². The number of rotatable bonds is 4. The fourth-order valence-corrected chi connectivity index (χ4v) is 3.23. The first-order valence-corrected chi connectivity index (χ1v) is 8.67. The number of hydrogen-bond acceptors (Lipinski definition) is 2. The van der Waals surface area contributed by atoms with Crippen LogP contribution in [0.1, 0.15) is 37.8 Å². The number of carbonyl (C=O) groups excluding carboxylic acids is 2. The molecule has 0 spiro atoms. The van der Waals surface area contributed by atoms with Gasteiger partial charge in [-0.25, -0.2) is 4.79 Å². The molecule has 0 radical (unpaired) electrons. The van der Waals surface area contributed by atoms with Crippen LogP contribution in [0.3, 0.4) is 0 Å². The van der Waals surface area contributed by atoms with Crippen LogP contribution in [0.5, 0.6) is 0 Å². The molecule has 5 heteroatoms. The van der Waals surface area contributed by atoms with Gasteiger partial charge < -0.3 is 15.1 Å². The molecule has 1 aromatic rings. The van der Waals surface area contributed by atoms with Crippen molar-refractivity contribution >= 4 is 11.9 Å². The zero-order valence-corrected chi connectivity index (χ0v) is 14.2. The maximum atomic E-state index is 12.6. The van der Waals surface area contributed by atoms with Crippen LogP contribution < -0.4 is 5.32 Å². The third-order valence-corrected chi connectivity index (χ3v) is 4.80. The minimum absolute atomic E-state index is 0.0563. The van der Waals surface area contributed by atoms with Gasteiger partial charge in [-0.1, -0.05) is 42.0 Å². The monoisotopic (exact) mass is 327 g/mol. The summed E-state index contributed by atoms with van der Waals surface area (Å²) < 4.78 is 0. The second-order valence-corrected chi connectivity index (χ2v) is 6.60. The molecule has 24 heavy (non-hydrogen) atoms. The fraction of sp³-hybridized carbons (Fsp3) is 0.474. The third-order valence-electron chi connectivity index (χ3n) is 4.80. The molecule has 2 aliphatic heterocycles. The topological polar surface area (TPSA) is 52.7 Å². The first-order chi connectivity index (χ1) is 11.6. The Bertz CT molecular complexity index is 627. The first kappa shape index (κ1) is 16.6. The van der Waals surface area contributed by atoms with E-state index in [2.05, 4.69) is 18.3 Å². The number of amides is 3. The van der Waals surface area contributed by atoms with Crippen LogP contribution in [0.25, 0.3) is 0 Å². The van der Waals surface area contributed by atoms with Crippen molar-refractivity contribution in [2.24, 2.45) is 0 Å². The number of likely N-dealkylation sites (tertiary alicyclic amines) is 1. The molecule has 5 nitrogen and oxygen atoms in total. The van der Waals surface area contributed by atoms with Gasteiger partial charge in [-0.2, -0.15) is 0 Å². The van der Waals surface area contributed by atoms with E-state index in [1.807, 2.05) is 40.1 Å². The lowest BCUT2D eigenvalue weighted by molar-refractivity contribution is -0.128. The molecule has 2 heterocycles. The molecule has 0 bridgehead atoms. The van der Waals surface area contributed by atoms with Crippen LogP contribution in [0.4, 0.5) is 4.79 Å². The van der Waals surface area contributed by atoms with Gasteiger partial charge in [0.1, 0.15) is 0 Å². The molecular formula is C19H25N3O2. The van der Waals surface area contributed by atoms with E-state index in [1.165, 1.54) is 5.57 Å². The summed E-state index contributed by atoms with van der Waals surface area (Å²) in [6, 6.07) is 9.67. The first-order valence-electron chi connectivity index (χ1n) is 8.67. The largest absolute Gasteiger partial charge is 0.340 e. The van der Waals surface area contributed by atoms with Crippen molar-refractivity contribution in [3.05, 3.63) is 47.5 Å². The van der Waals surface area contributed by atoms with E-state index in [0.717, 1.165) is 31.5 Å². The minimum atomic E-state index is -0.173. The van der Waals surface area contributed by atoms with Gasteiger partial charge in [-0.3, -0.25) is 4.79 Å². The van der Waals surface area contributed by atoms with Gasteiger partial charge in [0, 0.05) is 32.6 Å². The Hall–Kier alpha value is -2.30. The Morgan fingerprint density at radius 3 is 2.62 bits per heavy atom. The standard InChI is InChI=1S/C19H25N3O2/c1-15-9-12-21(13-10-15)19(24)20-17(16-6-3-2-4-7-16)14-22-11-5-8-18(22)23/h2-4,6-7,9,17H,5,8,10-14H2,1H3,(H,20,24)/t17-/m1/s1. The molecule has 1 aromatic carbocycles. The highest BCUT2D eigenvalue weighted by Crippen LogP contribution is 2.19. The summed E-state index contributed by atoms with van der Waals surface area (Å²) in [7, 11) is 0. The smallest absolute Gasteiger partial charge is 0.318 e. The van der Waals surface area contributed by atoms with Crippen molar-refractivity contribution in [1.29, 1.82) is 0 Å². The highest BCUT2D eigenvalue weighted by Gasteiger charge is 2.26. The predicted molar refractivity (Wildman–Crippen MR) is 93.5 cm³/mol. The second-order valence-electron chi connectivity index (χ2n) is 6.60. The SMILES string of the molecule is CC1=CCN(C(=O)N[C@H](CN2CCCC2=O)c2ccccc2)CC1. The van der Waals surface area contributed by atoms with Crippen molar-refractivity contribution < 1.29 is 9.59 Å². The lowest BCUT2D eigenvalue weighted by Crippen LogP contribution is -2.46. The molecule has 3 amide bonds. The van der Waals surface area contributed by atoms with Gasteiger partial charge in [-0.05, 0) is 25.3 Å².